The molecule has 0 saturated heterocycles. The maximum absolute atomic E-state index is 7.08. The number of benzene rings is 9. The van der Waals surface area contributed by atoms with Crippen molar-refractivity contribution in [3.05, 3.63) is 218 Å². The number of aromatic nitrogens is 4. The fourth-order valence-corrected chi connectivity index (χ4v) is 8.91. The van der Waals surface area contributed by atoms with Gasteiger partial charge >= 0.3 is 0 Å². The zero-order chi connectivity index (χ0) is 41.0. The Morgan fingerprint density at radius 1 is 0.323 bits per heavy atom. The summed E-state index contributed by atoms with van der Waals surface area (Å²) in [7, 11) is 0. The van der Waals surface area contributed by atoms with Crippen molar-refractivity contribution in [3.63, 3.8) is 0 Å². The van der Waals surface area contributed by atoms with E-state index in [1.54, 1.807) is 0 Å². The maximum atomic E-state index is 7.08. The highest BCUT2D eigenvalue weighted by atomic mass is 16.3. The number of hydrogen-bond acceptors (Lipinski definition) is 4. The van der Waals surface area contributed by atoms with Crippen LogP contribution in [-0.2, 0) is 0 Å². The summed E-state index contributed by atoms with van der Waals surface area (Å²) < 4.78 is 9.46. The first kappa shape index (κ1) is 35.5. The number of nitrogens with zero attached hydrogens (tertiary/aromatic N) is 4. The van der Waals surface area contributed by atoms with Crippen LogP contribution in [0.3, 0.4) is 0 Å². The Morgan fingerprint density at radius 3 is 1.48 bits per heavy atom. The van der Waals surface area contributed by atoms with Gasteiger partial charge in [0.25, 0.3) is 0 Å². The van der Waals surface area contributed by atoms with E-state index >= 15 is 0 Å². The Morgan fingerprint density at radius 2 is 0.823 bits per heavy atom. The first-order valence-electron chi connectivity index (χ1n) is 20.8. The Bertz CT molecular complexity index is 3560. The van der Waals surface area contributed by atoms with Crippen LogP contribution in [0.15, 0.2) is 223 Å². The van der Waals surface area contributed by atoms with Crippen LogP contribution in [0.2, 0.25) is 0 Å². The number of furan rings is 1. The van der Waals surface area contributed by atoms with Gasteiger partial charge in [-0.05, 0) is 75.8 Å². The summed E-state index contributed by atoms with van der Waals surface area (Å²) in [5, 5.41) is 4.27. The van der Waals surface area contributed by atoms with Crippen molar-refractivity contribution in [2.45, 2.75) is 0 Å². The Hall–Kier alpha value is -8.41. The third-order valence-electron chi connectivity index (χ3n) is 11.8. The minimum atomic E-state index is 0.578. The third kappa shape index (κ3) is 6.06. The standard InChI is InChI=1S/C57H36N4O/c1-5-17-37(18-6-1)41-25-15-26-42(33-41)44-35-48-53-46(57-59-55(39-21-9-3-10-22-39)58-56(60-57)40-23-11-4-12-24-40)28-16-30-52(53)62-54(48)51(36-44)61-49-29-14-13-27-45(49)47-34-43(31-32-50(47)61)38-19-7-2-8-20-38/h1-36H. The number of rotatable bonds is 7. The molecular formula is C57H36N4O. The van der Waals surface area contributed by atoms with Crippen molar-refractivity contribution in [2.24, 2.45) is 0 Å². The molecule has 0 amide bonds. The van der Waals surface area contributed by atoms with Crippen molar-refractivity contribution in [1.82, 2.24) is 19.5 Å². The molecular weight excluding hydrogens is 757 g/mol. The molecule has 0 atom stereocenters. The predicted molar refractivity (Wildman–Crippen MR) is 254 cm³/mol. The molecule has 3 heterocycles. The molecule has 0 aliphatic rings. The van der Waals surface area contributed by atoms with Gasteiger partial charge in [-0.1, -0.05) is 176 Å². The normalized spacial score (nSPS) is 11.5. The largest absolute Gasteiger partial charge is 0.454 e. The van der Waals surface area contributed by atoms with E-state index in [0.717, 1.165) is 72.0 Å². The number of para-hydroxylation sites is 1. The van der Waals surface area contributed by atoms with E-state index in [9.17, 15) is 0 Å². The van der Waals surface area contributed by atoms with E-state index in [4.69, 9.17) is 19.4 Å². The molecule has 0 unspecified atom stereocenters. The SMILES string of the molecule is c1ccc(-c2cccc(-c3cc(-n4c5ccccc5c5cc(-c6ccccc6)ccc54)c4oc5cccc(-c6nc(-c7ccccc7)nc(-c7ccccc7)n6)c5c4c3)c2)cc1. The summed E-state index contributed by atoms with van der Waals surface area (Å²) in [5.74, 6) is 1.80. The zero-order valence-corrected chi connectivity index (χ0v) is 33.5. The van der Waals surface area contributed by atoms with Crippen LogP contribution in [0.5, 0.6) is 0 Å². The molecule has 0 saturated carbocycles. The fourth-order valence-electron chi connectivity index (χ4n) is 8.91. The van der Waals surface area contributed by atoms with Crippen LogP contribution in [0.1, 0.15) is 0 Å². The fraction of sp³-hybridized carbons (Fsp3) is 0. The molecule has 62 heavy (non-hydrogen) atoms. The molecule has 0 radical (unpaired) electrons. The van der Waals surface area contributed by atoms with Crippen molar-refractivity contribution >= 4 is 43.7 Å². The van der Waals surface area contributed by atoms with Crippen molar-refractivity contribution < 1.29 is 4.42 Å². The van der Waals surface area contributed by atoms with Crippen LogP contribution in [0.25, 0.3) is 117 Å². The third-order valence-corrected chi connectivity index (χ3v) is 11.8. The highest BCUT2D eigenvalue weighted by Gasteiger charge is 2.23. The van der Waals surface area contributed by atoms with E-state index in [1.165, 1.54) is 27.5 Å². The van der Waals surface area contributed by atoms with E-state index in [2.05, 4.69) is 150 Å². The molecule has 0 N–H and O–H groups in total. The van der Waals surface area contributed by atoms with Gasteiger partial charge in [-0.25, -0.2) is 15.0 Å². The van der Waals surface area contributed by atoms with E-state index in [1.807, 2.05) is 72.8 Å². The van der Waals surface area contributed by atoms with Crippen molar-refractivity contribution in [3.8, 4) is 73.2 Å². The number of hydrogen-bond donors (Lipinski definition) is 0. The van der Waals surface area contributed by atoms with Gasteiger partial charge in [0, 0.05) is 38.2 Å². The molecule has 3 aromatic heterocycles. The topological polar surface area (TPSA) is 56.7 Å². The van der Waals surface area contributed by atoms with Crippen LogP contribution >= 0.6 is 0 Å². The monoisotopic (exact) mass is 792 g/mol. The lowest BCUT2D eigenvalue weighted by atomic mass is 9.96. The second-order valence-electron chi connectivity index (χ2n) is 15.6. The Kier molecular flexibility index (Phi) is 8.42. The minimum absolute atomic E-state index is 0.578. The van der Waals surface area contributed by atoms with Gasteiger partial charge in [-0.15, -0.1) is 0 Å². The summed E-state index contributed by atoms with van der Waals surface area (Å²) in [6.07, 6.45) is 0. The average molecular weight is 793 g/mol. The molecule has 0 aliphatic heterocycles. The van der Waals surface area contributed by atoms with Gasteiger partial charge in [0.05, 0.1) is 16.7 Å². The highest BCUT2D eigenvalue weighted by molar-refractivity contribution is 6.17. The second-order valence-corrected chi connectivity index (χ2v) is 15.6. The molecule has 5 heteroatoms. The van der Waals surface area contributed by atoms with E-state index < -0.39 is 0 Å². The summed E-state index contributed by atoms with van der Waals surface area (Å²) in [6.45, 7) is 0. The van der Waals surface area contributed by atoms with E-state index in [0.29, 0.717) is 17.5 Å². The first-order valence-corrected chi connectivity index (χ1v) is 20.8. The quantitative estimate of drug-likeness (QED) is 0.161. The molecule has 0 spiro atoms. The van der Waals surface area contributed by atoms with E-state index in [-0.39, 0.29) is 0 Å². The van der Waals surface area contributed by atoms with Gasteiger partial charge in [-0.2, -0.15) is 0 Å². The summed E-state index contributed by atoms with van der Waals surface area (Å²) in [4.78, 5) is 15.4. The molecule has 0 aliphatic carbocycles. The van der Waals surface area contributed by atoms with Crippen LogP contribution in [0.4, 0.5) is 0 Å². The molecule has 290 valence electrons. The van der Waals surface area contributed by atoms with Crippen molar-refractivity contribution in [2.75, 3.05) is 0 Å². The summed E-state index contributed by atoms with van der Waals surface area (Å²) in [5.41, 5.74) is 14.2. The molecule has 12 rings (SSSR count). The first-order chi connectivity index (χ1) is 30.7. The van der Waals surface area contributed by atoms with Crippen LogP contribution < -0.4 is 0 Å². The van der Waals surface area contributed by atoms with Crippen LogP contribution in [0, 0.1) is 0 Å². The van der Waals surface area contributed by atoms with Gasteiger partial charge in [0.1, 0.15) is 5.58 Å². The second kappa shape index (κ2) is 14.7. The molecule has 12 aromatic rings. The van der Waals surface area contributed by atoms with Gasteiger partial charge < -0.3 is 8.98 Å². The van der Waals surface area contributed by atoms with Gasteiger partial charge in [0.2, 0.25) is 0 Å². The molecule has 0 fully saturated rings. The Balaban J connectivity index is 1.16. The lowest BCUT2D eigenvalue weighted by Crippen LogP contribution is -2.00. The lowest BCUT2D eigenvalue weighted by Gasteiger charge is -2.13. The smallest absolute Gasteiger partial charge is 0.164 e. The molecule has 9 aromatic carbocycles. The number of fused-ring (bicyclic) bond motifs is 6. The van der Waals surface area contributed by atoms with Crippen LogP contribution in [-0.4, -0.2) is 19.5 Å². The Labute approximate surface area is 357 Å². The summed E-state index contributed by atoms with van der Waals surface area (Å²) in [6, 6.07) is 76.4. The minimum Gasteiger partial charge on any atom is -0.454 e. The average Bonchev–Trinajstić information content (AvgIpc) is 3.90. The van der Waals surface area contributed by atoms with Crippen molar-refractivity contribution in [1.29, 1.82) is 0 Å². The molecule has 0 bridgehead atoms. The zero-order valence-electron chi connectivity index (χ0n) is 33.5. The highest BCUT2D eigenvalue weighted by Crippen LogP contribution is 2.44. The van der Waals surface area contributed by atoms with Gasteiger partial charge in [-0.3, -0.25) is 0 Å². The maximum Gasteiger partial charge on any atom is 0.164 e. The predicted octanol–water partition coefficient (Wildman–Crippen LogP) is 14.9. The lowest BCUT2D eigenvalue weighted by molar-refractivity contribution is 0.666. The van der Waals surface area contributed by atoms with Gasteiger partial charge in [0.15, 0.2) is 23.1 Å². The molecule has 5 nitrogen and oxygen atoms in total. The summed E-state index contributed by atoms with van der Waals surface area (Å²) >= 11 is 0.